The van der Waals surface area contributed by atoms with E-state index in [0.717, 1.165) is 0 Å². The smallest absolute Gasteiger partial charge is 0.344 e. The van der Waals surface area contributed by atoms with Gasteiger partial charge in [0.05, 0.1) is 5.02 Å². The minimum Gasteiger partial charge on any atom is -0.479 e. The summed E-state index contributed by atoms with van der Waals surface area (Å²) in [5.41, 5.74) is 0.146. The fourth-order valence-electron chi connectivity index (χ4n) is 0.952. The molecule has 0 spiro atoms. The maximum Gasteiger partial charge on any atom is 0.344 e. The number of hydrogen-bond acceptors (Lipinski definition) is 3. The Labute approximate surface area is 91.7 Å². The van der Waals surface area contributed by atoms with Crippen molar-refractivity contribution in [2.75, 3.05) is 0 Å². The zero-order valence-corrected chi connectivity index (χ0v) is 8.65. The van der Waals surface area contributed by atoms with Crippen molar-refractivity contribution in [3.63, 3.8) is 0 Å². The minimum absolute atomic E-state index is 0.146. The summed E-state index contributed by atoms with van der Waals surface area (Å²) < 4.78 is 5.07. The summed E-state index contributed by atoms with van der Waals surface area (Å²) in [6.07, 6.45) is -1.02. The van der Waals surface area contributed by atoms with E-state index < -0.39 is 12.1 Å². The molecule has 0 aliphatic rings. The van der Waals surface area contributed by atoms with Crippen molar-refractivity contribution < 1.29 is 14.6 Å². The lowest BCUT2D eigenvalue weighted by atomic mass is 10.2. The predicted molar refractivity (Wildman–Crippen MR) is 53.9 cm³/mol. The van der Waals surface area contributed by atoms with Crippen LogP contribution in [0.4, 0.5) is 0 Å². The van der Waals surface area contributed by atoms with Crippen molar-refractivity contribution in [3.8, 4) is 11.8 Å². The quantitative estimate of drug-likeness (QED) is 0.855. The van der Waals surface area contributed by atoms with E-state index in [-0.39, 0.29) is 16.3 Å². The van der Waals surface area contributed by atoms with Crippen LogP contribution in [0.5, 0.6) is 5.75 Å². The number of rotatable bonds is 3. The normalized spacial score (nSPS) is 11.5. The SMILES string of the molecule is C[C@H](Oc1cccc(Cl)c1C#N)C(=O)O. The van der Waals surface area contributed by atoms with Crippen molar-refractivity contribution in [3.05, 3.63) is 28.8 Å². The second-order valence-electron chi connectivity index (χ2n) is 2.82. The lowest BCUT2D eigenvalue weighted by molar-refractivity contribution is -0.144. The van der Waals surface area contributed by atoms with Crippen molar-refractivity contribution in [1.82, 2.24) is 0 Å². The topological polar surface area (TPSA) is 70.3 Å². The Morgan fingerprint density at radius 3 is 2.87 bits per heavy atom. The number of aliphatic carboxylic acids is 1. The molecule has 1 aromatic carbocycles. The van der Waals surface area contributed by atoms with Crippen LogP contribution in [0.3, 0.4) is 0 Å². The number of carbonyl (C=O) groups is 1. The van der Waals surface area contributed by atoms with Crippen LogP contribution >= 0.6 is 11.6 Å². The Hall–Kier alpha value is -1.73. The van der Waals surface area contributed by atoms with Crippen molar-refractivity contribution >= 4 is 17.6 Å². The molecular weight excluding hydrogens is 218 g/mol. The van der Waals surface area contributed by atoms with Crippen LogP contribution in [-0.2, 0) is 4.79 Å². The molecule has 0 aromatic heterocycles. The second kappa shape index (κ2) is 4.67. The molecule has 0 aliphatic carbocycles. The van der Waals surface area contributed by atoms with Gasteiger partial charge in [-0.15, -0.1) is 0 Å². The number of nitriles is 1. The fraction of sp³-hybridized carbons (Fsp3) is 0.200. The van der Waals surface area contributed by atoms with Gasteiger partial charge in [-0.05, 0) is 19.1 Å². The Bertz CT molecular complexity index is 425. The van der Waals surface area contributed by atoms with Gasteiger partial charge in [-0.2, -0.15) is 5.26 Å². The highest BCUT2D eigenvalue weighted by molar-refractivity contribution is 6.31. The van der Waals surface area contributed by atoms with Crippen molar-refractivity contribution in [2.24, 2.45) is 0 Å². The highest BCUT2D eigenvalue weighted by Crippen LogP contribution is 2.26. The third kappa shape index (κ3) is 2.61. The van der Waals surface area contributed by atoms with Gasteiger partial charge in [-0.3, -0.25) is 0 Å². The van der Waals surface area contributed by atoms with E-state index in [2.05, 4.69) is 0 Å². The zero-order chi connectivity index (χ0) is 11.4. The van der Waals surface area contributed by atoms with E-state index in [1.165, 1.54) is 13.0 Å². The van der Waals surface area contributed by atoms with Gasteiger partial charge in [-0.1, -0.05) is 17.7 Å². The van der Waals surface area contributed by atoms with E-state index >= 15 is 0 Å². The average Bonchev–Trinajstić information content (AvgIpc) is 2.18. The van der Waals surface area contributed by atoms with Gasteiger partial charge in [0.15, 0.2) is 6.10 Å². The monoisotopic (exact) mass is 225 g/mol. The fourth-order valence-corrected chi connectivity index (χ4v) is 1.16. The van der Waals surface area contributed by atoms with Crippen LogP contribution in [0.25, 0.3) is 0 Å². The van der Waals surface area contributed by atoms with E-state index in [1.54, 1.807) is 12.1 Å². The third-order valence-electron chi connectivity index (χ3n) is 1.74. The number of ether oxygens (including phenoxy) is 1. The highest BCUT2D eigenvalue weighted by atomic mass is 35.5. The molecule has 1 aromatic rings. The Morgan fingerprint density at radius 1 is 1.67 bits per heavy atom. The minimum atomic E-state index is -1.10. The summed E-state index contributed by atoms with van der Waals surface area (Å²) in [5, 5.41) is 17.7. The first-order chi connectivity index (χ1) is 7.06. The first-order valence-electron chi connectivity index (χ1n) is 4.14. The summed E-state index contributed by atoms with van der Waals surface area (Å²) in [6, 6.07) is 6.49. The van der Waals surface area contributed by atoms with Crippen molar-refractivity contribution in [1.29, 1.82) is 5.26 Å². The van der Waals surface area contributed by atoms with Crippen molar-refractivity contribution in [2.45, 2.75) is 13.0 Å². The predicted octanol–water partition coefficient (Wildman–Crippen LogP) is 2.06. The molecule has 0 saturated carbocycles. The number of halogens is 1. The zero-order valence-electron chi connectivity index (χ0n) is 7.90. The molecule has 15 heavy (non-hydrogen) atoms. The molecule has 0 amide bonds. The summed E-state index contributed by atoms with van der Waals surface area (Å²) >= 11 is 5.74. The molecule has 0 saturated heterocycles. The average molecular weight is 226 g/mol. The molecule has 1 atom stereocenters. The van der Waals surface area contributed by atoms with E-state index in [0.29, 0.717) is 0 Å². The van der Waals surface area contributed by atoms with Gasteiger partial charge >= 0.3 is 5.97 Å². The maximum absolute atomic E-state index is 10.5. The van der Waals surface area contributed by atoms with Crippen LogP contribution in [-0.4, -0.2) is 17.2 Å². The molecule has 0 unspecified atom stereocenters. The van der Waals surface area contributed by atoms with Gasteiger partial charge in [0.1, 0.15) is 17.4 Å². The lowest BCUT2D eigenvalue weighted by Crippen LogP contribution is -2.23. The molecule has 0 bridgehead atoms. The first kappa shape index (κ1) is 11.3. The molecule has 1 rings (SSSR count). The summed E-state index contributed by atoms with van der Waals surface area (Å²) in [5.74, 6) is -0.918. The lowest BCUT2D eigenvalue weighted by Gasteiger charge is -2.11. The van der Waals surface area contributed by atoms with Crippen LogP contribution in [0.15, 0.2) is 18.2 Å². The number of benzene rings is 1. The molecule has 0 aliphatic heterocycles. The van der Waals surface area contributed by atoms with E-state index in [4.69, 9.17) is 26.7 Å². The molecule has 0 heterocycles. The summed E-state index contributed by atoms with van der Waals surface area (Å²) in [4.78, 5) is 10.5. The molecule has 5 heteroatoms. The second-order valence-corrected chi connectivity index (χ2v) is 3.23. The number of nitrogens with zero attached hydrogens (tertiary/aromatic N) is 1. The third-order valence-corrected chi connectivity index (χ3v) is 2.05. The molecule has 78 valence electrons. The number of carboxylic acid groups (broad SMARTS) is 1. The highest BCUT2D eigenvalue weighted by Gasteiger charge is 2.15. The van der Waals surface area contributed by atoms with Crippen LogP contribution in [0.1, 0.15) is 12.5 Å². The molecular formula is C10H8ClNO3. The molecule has 0 fully saturated rings. The van der Waals surface area contributed by atoms with Gasteiger partial charge in [0.25, 0.3) is 0 Å². The number of hydrogen-bond donors (Lipinski definition) is 1. The van der Waals surface area contributed by atoms with E-state index in [9.17, 15) is 4.79 Å². The van der Waals surface area contributed by atoms with Gasteiger partial charge < -0.3 is 9.84 Å². The maximum atomic E-state index is 10.5. The summed E-state index contributed by atoms with van der Waals surface area (Å²) in [7, 11) is 0. The molecule has 1 N–H and O–H groups in total. The van der Waals surface area contributed by atoms with Gasteiger partial charge in [0, 0.05) is 0 Å². The molecule has 4 nitrogen and oxygen atoms in total. The first-order valence-corrected chi connectivity index (χ1v) is 4.52. The molecule has 0 radical (unpaired) electrons. The van der Waals surface area contributed by atoms with Crippen LogP contribution in [0, 0.1) is 11.3 Å². The standard InChI is InChI=1S/C10H8ClNO3/c1-6(10(13)14)15-9-4-2-3-8(11)7(9)5-12/h2-4,6H,1H3,(H,13,14)/t6-/m0/s1. The largest absolute Gasteiger partial charge is 0.479 e. The van der Waals surface area contributed by atoms with Gasteiger partial charge in [0.2, 0.25) is 0 Å². The van der Waals surface area contributed by atoms with Gasteiger partial charge in [-0.25, -0.2) is 4.79 Å². The van der Waals surface area contributed by atoms with Crippen LogP contribution < -0.4 is 4.74 Å². The Kier molecular flexibility index (Phi) is 3.53. The van der Waals surface area contributed by atoms with Crippen LogP contribution in [0.2, 0.25) is 5.02 Å². The summed E-state index contributed by atoms with van der Waals surface area (Å²) in [6.45, 7) is 1.38. The Balaban J connectivity index is 3.01. The Morgan fingerprint density at radius 2 is 2.33 bits per heavy atom. The van der Waals surface area contributed by atoms with E-state index in [1.807, 2.05) is 6.07 Å². The number of carboxylic acids is 1.